The number of ether oxygens (including phenoxy) is 2. The van der Waals surface area contributed by atoms with E-state index >= 15 is 0 Å². The Hall–Kier alpha value is -1.30. The average Bonchev–Trinajstić information content (AvgIpc) is 3.32. The molecule has 1 N–H and O–H groups in total. The first-order valence-corrected chi connectivity index (χ1v) is 10.6. The summed E-state index contributed by atoms with van der Waals surface area (Å²) >= 11 is 0. The maximum Gasteiger partial charge on any atom is 0.142 e. The third kappa shape index (κ3) is 4.58. The molecule has 1 aliphatic heterocycles. The largest absolute Gasteiger partial charge is 0.495 e. The summed E-state index contributed by atoms with van der Waals surface area (Å²) in [5.41, 5.74) is 1.16. The number of piperazine rings is 1. The van der Waals surface area contributed by atoms with Crippen molar-refractivity contribution in [1.29, 1.82) is 0 Å². The van der Waals surface area contributed by atoms with E-state index in [1.807, 2.05) is 12.1 Å². The minimum absolute atomic E-state index is 0.388. The second-order valence-electron chi connectivity index (χ2n) is 8.59. The number of aliphatic hydroxyl groups is 1. The lowest BCUT2D eigenvalue weighted by Crippen LogP contribution is -2.49. The number of fused-ring (bicyclic) bond motifs is 2. The van der Waals surface area contributed by atoms with Gasteiger partial charge in [-0.2, -0.15) is 0 Å². The lowest BCUT2D eigenvalue weighted by atomic mass is 9.90. The van der Waals surface area contributed by atoms with Crippen molar-refractivity contribution in [1.82, 2.24) is 4.90 Å². The highest BCUT2D eigenvalue weighted by atomic mass is 16.5. The second kappa shape index (κ2) is 8.80. The summed E-state index contributed by atoms with van der Waals surface area (Å²) in [5.74, 6) is 3.55. The Morgan fingerprint density at radius 1 is 1.11 bits per heavy atom. The van der Waals surface area contributed by atoms with E-state index in [9.17, 15) is 5.11 Å². The van der Waals surface area contributed by atoms with E-state index in [-0.39, 0.29) is 6.10 Å². The lowest BCUT2D eigenvalue weighted by molar-refractivity contribution is -0.00274. The molecule has 0 spiro atoms. The summed E-state index contributed by atoms with van der Waals surface area (Å²) < 4.78 is 11.4. The molecule has 5 heteroatoms. The molecule has 3 aliphatic rings. The standard InChI is InChI=1S/C22H34N2O3/c1-26-22-5-3-2-4-21(22)24-10-8-23(9-11-24)14-20(25)16-27-15-19-13-17-6-7-18(19)12-17/h2-5,17-20,25H,6-16H2,1H3/t17-,18-,19+,20+/m0/s1. The van der Waals surface area contributed by atoms with Crippen LogP contribution in [-0.4, -0.2) is 69.2 Å². The van der Waals surface area contributed by atoms with E-state index < -0.39 is 0 Å². The van der Waals surface area contributed by atoms with Crippen LogP contribution in [0.1, 0.15) is 25.7 Å². The number of hydrogen-bond acceptors (Lipinski definition) is 5. The van der Waals surface area contributed by atoms with Crippen LogP contribution >= 0.6 is 0 Å². The van der Waals surface area contributed by atoms with Crippen molar-refractivity contribution in [2.75, 3.05) is 57.9 Å². The molecule has 0 unspecified atom stereocenters. The van der Waals surface area contributed by atoms with Gasteiger partial charge in [0.05, 0.1) is 25.5 Å². The van der Waals surface area contributed by atoms with Gasteiger partial charge < -0.3 is 19.5 Å². The minimum Gasteiger partial charge on any atom is -0.495 e. The van der Waals surface area contributed by atoms with Crippen molar-refractivity contribution in [3.63, 3.8) is 0 Å². The molecule has 1 heterocycles. The topological polar surface area (TPSA) is 45.2 Å². The number of methoxy groups -OCH3 is 1. The third-order valence-corrected chi connectivity index (χ3v) is 6.79. The normalized spacial score (nSPS) is 29.3. The smallest absolute Gasteiger partial charge is 0.142 e. The Labute approximate surface area is 163 Å². The van der Waals surface area contributed by atoms with E-state index in [0.29, 0.717) is 13.2 Å². The molecular weight excluding hydrogens is 340 g/mol. The van der Waals surface area contributed by atoms with Gasteiger partial charge in [0.25, 0.3) is 0 Å². The zero-order valence-electron chi connectivity index (χ0n) is 16.6. The Bertz CT molecular complexity index is 603. The molecule has 0 amide bonds. The Balaban J connectivity index is 1.15. The molecule has 4 rings (SSSR count). The van der Waals surface area contributed by atoms with Gasteiger partial charge in [0.15, 0.2) is 0 Å². The lowest BCUT2D eigenvalue weighted by Gasteiger charge is -2.37. The SMILES string of the molecule is COc1ccccc1N1CCN(C[C@@H](O)COC[C@H]2C[C@H]3CC[C@H]2C3)CC1. The Morgan fingerprint density at radius 3 is 2.63 bits per heavy atom. The van der Waals surface area contributed by atoms with Crippen molar-refractivity contribution in [2.24, 2.45) is 17.8 Å². The van der Waals surface area contributed by atoms with Crippen LogP contribution in [0, 0.1) is 17.8 Å². The molecular formula is C22H34N2O3. The number of rotatable bonds is 8. The van der Waals surface area contributed by atoms with E-state index in [1.54, 1.807) is 7.11 Å². The maximum atomic E-state index is 10.4. The van der Waals surface area contributed by atoms with Gasteiger partial charge in [-0.25, -0.2) is 0 Å². The monoisotopic (exact) mass is 374 g/mol. The highest BCUT2D eigenvalue weighted by molar-refractivity contribution is 5.58. The van der Waals surface area contributed by atoms with Crippen molar-refractivity contribution in [2.45, 2.75) is 31.8 Å². The molecule has 2 aliphatic carbocycles. The van der Waals surface area contributed by atoms with Gasteiger partial charge in [-0.05, 0) is 49.1 Å². The summed E-state index contributed by atoms with van der Waals surface area (Å²) in [6, 6.07) is 8.19. The van der Waals surface area contributed by atoms with Gasteiger partial charge >= 0.3 is 0 Å². The molecule has 5 nitrogen and oxygen atoms in total. The molecule has 2 saturated carbocycles. The van der Waals surface area contributed by atoms with Crippen LogP contribution in [0.5, 0.6) is 5.75 Å². The van der Waals surface area contributed by atoms with Gasteiger partial charge in [0, 0.05) is 39.3 Å². The fourth-order valence-electron chi connectivity index (χ4n) is 5.35. The summed E-state index contributed by atoms with van der Waals surface area (Å²) in [4.78, 5) is 4.71. The zero-order chi connectivity index (χ0) is 18.6. The zero-order valence-corrected chi connectivity index (χ0v) is 16.6. The van der Waals surface area contributed by atoms with E-state index in [0.717, 1.165) is 62.0 Å². The van der Waals surface area contributed by atoms with Gasteiger partial charge in [-0.3, -0.25) is 4.90 Å². The Kier molecular flexibility index (Phi) is 6.21. The first-order valence-electron chi connectivity index (χ1n) is 10.6. The van der Waals surface area contributed by atoms with Crippen LogP contribution in [0.3, 0.4) is 0 Å². The number of nitrogens with zero attached hydrogens (tertiary/aromatic N) is 2. The van der Waals surface area contributed by atoms with E-state index in [2.05, 4.69) is 21.9 Å². The second-order valence-corrected chi connectivity index (χ2v) is 8.59. The molecule has 1 aromatic carbocycles. The molecule has 0 aromatic heterocycles. The molecule has 2 bridgehead atoms. The van der Waals surface area contributed by atoms with Crippen molar-refractivity contribution < 1.29 is 14.6 Å². The summed E-state index contributed by atoms with van der Waals surface area (Å²) in [6.45, 7) is 5.86. The van der Waals surface area contributed by atoms with Crippen LogP contribution in [-0.2, 0) is 4.74 Å². The summed E-state index contributed by atoms with van der Waals surface area (Å²) in [7, 11) is 1.72. The minimum atomic E-state index is -0.388. The van der Waals surface area contributed by atoms with Crippen LogP contribution in [0.15, 0.2) is 24.3 Å². The van der Waals surface area contributed by atoms with Crippen molar-refractivity contribution in [3.05, 3.63) is 24.3 Å². The molecule has 0 radical (unpaired) electrons. The number of benzene rings is 1. The van der Waals surface area contributed by atoms with Crippen LogP contribution in [0.25, 0.3) is 0 Å². The fourth-order valence-corrected chi connectivity index (χ4v) is 5.35. The van der Waals surface area contributed by atoms with Gasteiger partial charge in [0.2, 0.25) is 0 Å². The van der Waals surface area contributed by atoms with Gasteiger partial charge in [-0.1, -0.05) is 18.6 Å². The summed E-state index contributed by atoms with van der Waals surface area (Å²) in [5, 5.41) is 10.4. The first-order chi connectivity index (χ1) is 13.2. The number of para-hydroxylation sites is 2. The molecule has 4 atom stereocenters. The number of aliphatic hydroxyl groups excluding tert-OH is 1. The molecule has 150 valence electrons. The highest BCUT2D eigenvalue weighted by Crippen LogP contribution is 2.48. The van der Waals surface area contributed by atoms with E-state index in [4.69, 9.17) is 9.47 Å². The molecule has 1 saturated heterocycles. The first kappa shape index (κ1) is 19.0. The third-order valence-electron chi connectivity index (χ3n) is 6.79. The van der Waals surface area contributed by atoms with Crippen molar-refractivity contribution >= 4 is 5.69 Å². The van der Waals surface area contributed by atoms with Crippen LogP contribution in [0.2, 0.25) is 0 Å². The van der Waals surface area contributed by atoms with Gasteiger partial charge in [0.1, 0.15) is 5.75 Å². The quantitative estimate of drug-likeness (QED) is 0.758. The van der Waals surface area contributed by atoms with E-state index in [1.165, 1.54) is 25.7 Å². The van der Waals surface area contributed by atoms with Gasteiger partial charge in [-0.15, -0.1) is 0 Å². The molecule has 27 heavy (non-hydrogen) atoms. The number of anilines is 1. The Morgan fingerprint density at radius 2 is 1.93 bits per heavy atom. The molecule has 1 aromatic rings. The average molecular weight is 375 g/mol. The maximum absolute atomic E-state index is 10.4. The van der Waals surface area contributed by atoms with Crippen molar-refractivity contribution in [3.8, 4) is 5.75 Å². The van der Waals surface area contributed by atoms with Crippen LogP contribution in [0.4, 0.5) is 5.69 Å². The number of β-amino-alcohol motifs (C(OH)–C–C–N with tert-alkyl or cyclic N) is 1. The number of hydrogen-bond donors (Lipinski definition) is 1. The predicted octanol–water partition coefficient (Wildman–Crippen LogP) is 2.63. The highest BCUT2D eigenvalue weighted by Gasteiger charge is 2.39. The fraction of sp³-hybridized carbons (Fsp3) is 0.727. The van der Waals surface area contributed by atoms with Crippen LogP contribution < -0.4 is 9.64 Å². The molecule has 3 fully saturated rings. The summed E-state index contributed by atoms with van der Waals surface area (Å²) in [6.07, 6.45) is 5.22. The predicted molar refractivity (Wildman–Crippen MR) is 107 cm³/mol.